The van der Waals surface area contributed by atoms with Gasteiger partial charge in [-0.05, 0) is 36.5 Å². The van der Waals surface area contributed by atoms with Crippen LogP contribution in [0, 0.1) is 23.7 Å². The van der Waals surface area contributed by atoms with Crippen LogP contribution in [0.4, 0.5) is 0 Å². The minimum atomic E-state index is 0.917. The summed E-state index contributed by atoms with van der Waals surface area (Å²) in [5.74, 6) is 3.67. The van der Waals surface area contributed by atoms with Crippen LogP contribution >= 0.6 is 0 Å². The van der Waals surface area contributed by atoms with Crippen molar-refractivity contribution in [3.05, 3.63) is 24.3 Å². The molecule has 0 nitrogen and oxygen atoms in total. The van der Waals surface area contributed by atoms with Crippen molar-refractivity contribution in [2.24, 2.45) is 23.7 Å². The summed E-state index contributed by atoms with van der Waals surface area (Å²) in [6.07, 6.45) is 12.7. The Labute approximate surface area is 61.6 Å². The highest BCUT2D eigenvalue weighted by Crippen LogP contribution is 2.48. The van der Waals surface area contributed by atoms with Crippen molar-refractivity contribution >= 4 is 0 Å². The zero-order chi connectivity index (χ0) is 6.55. The molecule has 0 spiro atoms. The molecule has 0 radical (unpaired) electrons. The van der Waals surface area contributed by atoms with E-state index in [4.69, 9.17) is 0 Å². The molecule has 0 aromatic carbocycles. The van der Waals surface area contributed by atoms with E-state index in [9.17, 15) is 0 Å². The van der Waals surface area contributed by atoms with Crippen LogP contribution in [-0.4, -0.2) is 0 Å². The molecule has 0 aliphatic heterocycles. The summed E-state index contributed by atoms with van der Waals surface area (Å²) in [6.45, 7) is 0. The van der Waals surface area contributed by atoms with E-state index in [0.717, 1.165) is 23.7 Å². The predicted molar refractivity (Wildman–Crippen MR) is 41.5 cm³/mol. The summed E-state index contributed by atoms with van der Waals surface area (Å²) in [5, 5.41) is 0. The van der Waals surface area contributed by atoms with Crippen molar-refractivity contribution in [1.82, 2.24) is 0 Å². The van der Waals surface area contributed by atoms with E-state index >= 15 is 0 Å². The highest BCUT2D eigenvalue weighted by atomic mass is 14.4. The van der Waals surface area contributed by atoms with E-state index in [2.05, 4.69) is 24.3 Å². The van der Waals surface area contributed by atoms with Gasteiger partial charge in [0.2, 0.25) is 0 Å². The molecule has 0 unspecified atom stereocenters. The topological polar surface area (TPSA) is 0 Å². The predicted octanol–water partition coefficient (Wildman–Crippen LogP) is 2.38. The Morgan fingerprint density at radius 1 is 0.600 bits per heavy atom. The van der Waals surface area contributed by atoms with Crippen molar-refractivity contribution in [3.63, 3.8) is 0 Å². The zero-order valence-electron chi connectivity index (χ0n) is 6.03. The van der Waals surface area contributed by atoms with Gasteiger partial charge in [-0.1, -0.05) is 24.3 Å². The minimum Gasteiger partial charge on any atom is -0.0845 e. The fourth-order valence-electron chi connectivity index (χ4n) is 2.78. The quantitative estimate of drug-likeness (QED) is 0.444. The molecule has 4 atom stereocenters. The Hall–Kier alpha value is -0.520. The molecule has 10 heavy (non-hydrogen) atoms. The Morgan fingerprint density at radius 2 is 0.900 bits per heavy atom. The molecule has 3 rings (SSSR count). The Morgan fingerprint density at radius 3 is 1.20 bits per heavy atom. The van der Waals surface area contributed by atoms with Crippen LogP contribution in [0.15, 0.2) is 24.3 Å². The molecular weight excluding hydrogens is 120 g/mol. The second-order valence-corrected chi connectivity index (χ2v) is 3.90. The third-order valence-corrected chi connectivity index (χ3v) is 3.40. The maximum absolute atomic E-state index is 2.44. The van der Waals surface area contributed by atoms with Crippen LogP contribution in [0.2, 0.25) is 0 Å². The summed E-state index contributed by atoms with van der Waals surface area (Å²) in [4.78, 5) is 0. The van der Waals surface area contributed by atoms with Gasteiger partial charge in [0.15, 0.2) is 0 Å². The molecule has 0 aromatic heterocycles. The fourth-order valence-corrected chi connectivity index (χ4v) is 2.78. The Kier molecular flexibility index (Phi) is 0.803. The Balaban J connectivity index is 2.07. The Bertz CT molecular complexity index is 168. The molecule has 0 heterocycles. The molecule has 3 aliphatic rings. The van der Waals surface area contributed by atoms with Crippen LogP contribution in [0.3, 0.4) is 0 Å². The molecule has 0 aromatic rings. The number of hydrogen-bond donors (Lipinski definition) is 0. The average Bonchev–Trinajstić information content (AvgIpc) is 2.41. The maximum Gasteiger partial charge on any atom is -0.0164 e. The smallest absolute Gasteiger partial charge is 0.0164 e. The van der Waals surface area contributed by atoms with Crippen LogP contribution in [0.25, 0.3) is 0 Å². The minimum absolute atomic E-state index is 0.917. The van der Waals surface area contributed by atoms with Crippen molar-refractivity contribution in [2.75, 3.05) is 0 Å². The summed E-state index contributed by atoms with van der Waals surface area (Å²) in [6, 6.07) is 0. The molecule has 0 amide bonds. The first kappa shape index (κ1) is 5.17. The summed E-state index contributed by atoms with van der Waals surface area (Å²) in [7, 11) is 0. The number of allylic oxidation sites excluding steroid dienone is 4. The zero-order valence-corrected chi connectivity index (χ0v) is 6.03. The van der Waals surface area contributed by atoms with Gasteiger partial charge in [0, 0.05) is 0 Å². The molecule has 4 bridgehead atoms. The lowest BCUT2D eigenvalue weighted by molar-refractivity contribution is 0.281. The second-order valence-electron chi connectivity index (χ2n) is 3.90. The fraction of sp³-hybridized carbons (Fsp3) is 0.600. The number of rotatable bonds is 0. The maximum atomic E-state index is 2.44. The van der Waals surface area contributed by atoms with Crippen molar-refractivity contribution in [2.45, 2.75) is 12.8 Å². The van der Waals surface area contributed by atoms with Gasteiger partial charge in [-0.3, -0.25) is 0 Å². The number of hydrogen-bond acceptors (Lipinski definition) is 0. The summed E-state index contributed by atoms with van der Waals surface area (Å²) < 4.78 is 0. The lowest BCUT2D eigenvalue weighted by Gasteiger charge is -2.26. The van der Waals surface area contributed by atoms with E-state index in [-0.39, 0.29) is 0 Å². The van der Waals surface area contributed by atoms with Gasteiger partial charge in [0.05, 0.1) is 0 Å². The van der Waals surface area contributed by atoms with Crippen molar-refractivity contribution in [3.8, 4) is 0 Å². The molecule has 0 heteroatoms. The van der Waals surface area contributed by atoms with Gasteiger partial charge in [0.25, 0.3) is 0 Å². The molecule has 0 saturated heterocycles. The molecule has 0 N–H and O–H groups in total. The standard InChI is InChI=1S/C10H12/c1-2-8-5-7(1)9-3-4-10(8)6-9/h1-4,7-10H,5-6H2/t7-,8-,9-,10+/m0/s1. The third-order valence-electron chi connectivity index (χ3n) is 3.40. The van der Waals surface area contributed by atoms with Gasteiger partial charge in [0.1, 0.15) is 0 Å². The van der Waals surface area contributed by atoms with Gasteiger partial charge >= 0.3 is 0 Å². The highest BCUT2D eigenvalue weighted by molar-refractivity contribution is 5.20. The molecule has 3 aliphatic carbocycles. The number of fused-ring (bicyclic) bond motifs is 6. The van der Waals surface area contributed by atoms with Crippen molar-refractivity contribution < 1.29 is 0 Å². The first-order valence-corrected chi connectivity index (χ1v) is 4.30. The average molecular weight is 132 g/mol. The second kappa shape index (κ2) is 1.55. The lowest BCUT2D eigenvalue weighted by atomic mass is 9.78. The van der Waals surface area contributed by atoms with Crippen LogP contribution in [-0.2, 0) is 0 Å². The largest absolute Gasteiger partial charge is 0.0845 e. The van der Waals surface area contributed by atoms with Gasteiger partial charge in [-0.2, -0.15) is 0 Å². The highest BCUT2D eigenvalue weighted by Gasteiger charge is 2.39. The molecular formula is C10H12. The van der Waals surface area contributed by atoms with Crippen molar-refractivity contribution in [1.29, 1.82) is 0 Å². The van der Waals surface area contributed by atoms with E-state index in [1.807, 2.05) is 0 Å². The van der Waals surface area contributed by atoms with Gasteiger partial charge < -0.3 is 0 Å². The van der Waals surface area contributed by atoms with Gasteiger partial charge in [-0.15, -0.1) is 0 Å². The van der Waals surface area contributed by atoms with E-state index in [1.165, 1.54) is 12.8 Å². The normalized spacial score (nSPS) is 54.4. The molecule has 1 saturated carbocycles. The van der Waals surface area contributed by atoms with Crippen LogP contribution < -0.4 is 0 Å². The van der Waals surface area contributed by atoms with E-state index in [1.54, 1.807) is 0 Å². The van der Waals surface area contributed by atoms with E-state index < -0.39 is 0 Å². The molecule has 1 fully saturated rings. The van der Waals surface area contributed by atoms with E-state index in [0.29, 0.717) is 0 Å². The van der Waals surface area contributed by atoms with Gasteiger partial charge in [-0.25, -0.2) is 0 Å². The monoisotopic (exact) mass is 132 g/mol. The summed E-state index contributed by atoms with van der Waals surface area (Å²) >= 11 is 0. The molecule has 52 valence electrons. The summed E-state index contributed by atoms with van der Waals surface area (Å²) in [5.41, 5.74) is 0. The lowest BCUT2D eigenvalue weighted by Crippen LogP contribution is -2.19. The first-order chi connectivity index (χ1) is 4.93. The van der Waals surface area contributed by atoms with Crippen LogP contribution in [0.1, 0.15) is 12.8 Å². The SMILES string of the molecule is C1=C[C@H]2C[C@@H]1[C@H]1C=C[C@H]2C1. The first-order valence-electron chi connectivity index (χ1n) is 4.30. The van der Waals surface area contributed by atoms with Crippen LogP contribution in [0.5, 0.6) is 0 Å². The third kappa shape index (κ3) is 0.484.